The molecule has 1 aliphatic rings. The van der Waals surface area contributed by atoms with Crippen molar-refractivity contribution in [1.82, 2.24) is 24.9 Å². The summed E-state index contributed by atoms with van der Waals surface area (Å²) >= 11 is 0. The Hall–Kier alpha value is -4.93. The van der Waals surface area contributed by atoms with Gasteiger partial charge in [0.1, 0.15) is 46.6 Å². The van der Waals surface area contributed by atoms with Gasteiger partial charge in [0.15, 0.2) is 0 Å². The van der Waals surface area contributed by atoms with Crippen LogP contribution in [-0.2, 0) is 62.1 Å². The summed E-state index contributed by atoms with van der Waals surface area (Å²) in [5, 5.41) is 40.6. The second kappa shape index (κ2) is 31.8. The van der Waals surface area contributed by atoms with Crippen LogP contribution in [0.25, 0.3) is 0 Å². The molecule has 426 valence electrons. The first kappa shape index (κ1) is 67.1. The summed E-state index contributed by atoms with van der Waals surface area (Å²) in [4.78, 5) is 123. The first-order chi connectivity index (χ1) is 34.1. The highest BCUT2D eigenvalue weighted by molar-refractivity contribution is 5.86. The molecule has 0 aromatic carbocycles. The molecular weight excluding hydrogens is 967 g/mol. The van der Waals surface area contributed by atoms with Gasteiger partial charge in [0.25, 0.3) is 0 Å². The van der Waals surface area contributed by atoms with Crippen LogP contribution in [0.4, 0.5) is 0 Å². The highest BCUT2D eigenvalue weighted by Gasteiger charge is 2.37. The molecule has 1 saturated heterocycles. The van der Waals surface area contributed by atoms with Gasteiger partial charge in [-0.05, 0) is 147 Å². The molecule has 5 N–H and O–H groups in total. The Morgan fingerprint density at radius 1 is 0.392 bits per heavy atom. The number of aliphatic carboxylic acids is 4. The first-order valence-corrected chi connectivity index (χ1v) is 26.1. The van der Waals surface area contributed by atoms with Crippen LogP contribution in [0.2, 0.25) is 0 Å². The molecule has 0 radical (unpaired) electrons. The van der Waals surface area contributed by atoms with Crippen molar-refractivity contribution in [2.24, 2.45) is 0 Å². The lowest BCUT2D eigenvalue weighted by atomic mass is 10.0. The molecule has 0 bridgehead atoms. The highest BCUT2D eigenvalue weighted by Crippen LogP contribution is 2.23. The number of carbonyl (C=O) groups is 9. The number of unbranched alkanes of at least 4 members (excludes halogenated alkanes) is 1. The molecule has 0 aliphatic carbocycles. The zero-order valence-corrected chi connectivity index (χ0v) is 46.5. The van der Waals surface area contributed by atoms with E-state index in [0.717, 1.165) is 0 Å². The first-order valence-electron chi connectivity index (χ1n) is 26.1. The number of carboxylic acids is 4. The maximum Gasteiger partial charge on any atom is 0.329 e. The van der Waals surface area contributed by atoms with E-state index in [0.29, 0.717) is 32.5 Å². The van der Waals surface area contributed by atoms with Crippen LogP contribution in [0.3, 0.4) is 0 Å². The maximum atomic E-state index is 14.2. The number of hydrogen-bond donors (Lipinski definition) is 5. The molecular formula is C52H91N5O17. The molecule has 1 aliphatic heterocycles. The quantitative estimate of drug-likeness (QED) is 0.0393. The molecule has 0 aromatic heterocycles. The summed E-state index contributed by atoms with van der Waals surface area (Å²) < 4.78 is 23.4. The minimum absolute atomic E-state index is 0.0952. The third kappa shape index (κ3) is 31.1. The van der Waals surface area contributed by atoms with E-state index in [4.69, 9.17) is 24.1 Å². The molecule has 1 heterocycles. The summed E-state index contributed by atoms with van der Waals surface area (Å²) in [6.45, 7) is 22.7. The van der Waals surface area contributed by atoms with Gasteiger partial charge in [-0.25, -0.2) is 4.79 Å². The molecule has 22 heteroatoms. The van der Waals surface area contributed by atoms with Gasteiger partial charge in [-0.2, -0.15) is 0 Å². The van der Waals surface area contributed by atoms with Crippen molar-refractivity contribution in [3.05, 3.63) is 0 Å². The SMILES string of the molecule is CC(C)(C)OC(=O)C(CCCCN1CCN(C(CCCC(=O)O)C(=O)OC(C)(C)C)CCN(C(CCCC(=O)O)C(=O)OC(C)(C)C)CCN(C(CCCC(=O)O)C(=O)OC(C)(C)C)CC1)NC(=O)CCC(=O)O. The topological polar surface area (TPSA) is 296 Å². The van der Waals surface area contributed by atoms with Crippen molar-refractivity contribution >= 4 is 53.7 Å². The molecule has 4 atom stereocenters. The molecule has 1 amide bonds. The van der Waals surface area contributed by atoms with Gasteiger partial charge in [-0.3, -0.25) is 53.1 Å². The van der Waals surface area contributed by atoms with Crippen LogP contribution in [-0.4, -0.2) is 199 Å². The van der Waals surface area contributed by atoms with E-state index < -0.39 is 107 Å². The van der Waals surface area contributed by atoms with Gasteiger partial charge in [0, 0.05) is 78.0 Å². The van der Waals surface area contributed by atoms with Gasteiger partial charge in [-0.1, -0.05) is 0 Å². The number of esters is 4. The van der Waals surface area contributed by atoms with E-state index in [1.54, 1.807) is 83.1 Å². The zero-order valence-electron chi connectivity index (χ0n) is 46.5. The predicted octanol–water partition coefficient (Wildman–Crippen LogP) is 4.97. The van der Waals surface area contributed by atoms with Crippen LogP contribution in [0, 0.1) is 0 Å². The molecule has 0 spiro atoms. The van der Waals surface area contributed by atoms with Gasteiger partial charge >= 0.3 is 47.8 Å². The van der Waals surface area contributed by atoms with Crippen molar-refractivity contribution in [2.75, 3.05) is 58.9 Å². The van der Waals surface area contributed by atoms with Crippen LogP contribution in [0.1, 0.15) is 173 Å². The van der Waals surface area contributed by atoms with E-state index >= 15 is 0 Å². The number of ether oxygens (including phenoxy) is 4. The van der Waals surface area contributed by atoms with E-state index in [2.05, 4.69) is 10.2 Å². The van der Waals surface area contributed by atoms with Crippen molar-refractivity contribution in [3.63, 3.8) is 0 Å². The van der Waals surface area contributed by atoms with E-state index in [1.807, 2.05) is 14.7 Å². The van der Waals surface area contributed by atoms with E-state index in [1.165, 1.54) is 0 Å². The fourth-order valence-electron chi connectivity index (χ4n) is 8.25. The van der Waals surface area contributed by atoms with Crippen molar-refractivity contribution in [3.8, 4) is 0 Å². The number of nitrogens with one attached hydrogen (secondary N) is 1. The minimum atomic E-state index is -1.16. The number of rotatable bonds is 28. The standard InChI is InChI=1S/C52H91N5O17/c1-49(2,3)71-45(67)36(53-40(58)25-26-44(65)66)18-13-14-27-54-28-30-55(37(19-15-22-41(59)60)46(68)72-50(4,5)6)32-34-57(39(21-17-24-43(63)64)48(70)74-52(10,11)12)35-33-56(31-29-54)38(20-16-23-42(61)62)47(69)73-51(7,8)9/h36-39H,13-35H2,1-12H3,(H,53,58)(H,59,60)(H,61,62)(H,63,64)(H,65,66). The van der Waals surface area contributed by atoms with Gasteiger partial charge in [0.2, 0.25) is 5.91 Å². The smallest absolute Gasteiger partial charge is 0.329 e. The van der Waals surface area contributed by atoms with Crippen LogP contribution in [0.5, 0.6) is 0 Å². The largest absolute Gasteiger partial charge is 0.481 e. The Bertz CT molecular complexity index is 1770. The summed E-state index contributed by atoms with van der Waals surface area (Å²) in [5.74, 6) is -7.29. The lowest BCUT2D eigenvalue weighted by Crippen LogP contribution is -2.56. The van der Waals surface area contributed by atoms with Crippen LogP contribution >= 0.6 is 0 Å². The molecule has 22 nitrogen and oxygen atoms in total. The maximum absolute atomic E-state index is 14.2. The average Bonchev–Trinajstić information content (AvgIpc) is 3.21. The Labute approximate surface area is 438 Å². The summed E-state index contributed by atoms with van der Waals surface area (Å²) in [6, 6.07) is -3.88. The number of nitrogens with zero attached hydrogens (tertiary/aromatic N) is 4. The third-order valence-electron chi connectivity index (χ3n) is 11.5. The summed E-state index contributed by atoms with van der Waals surface area (Å²) in [5.41, 5.74) is -3.59. The number of hydrogen-bond acceptors (Lipinski definition) is 17. The monoisotopic (exact) mass is 1060 g/mol. The number of amides is 1. The average molecular weight is 1060 g/mol. The fourth-order valence-corrected chi connectivity index (χ4v) is 8.25. The minimum Gasteiger partial charge on any atom is -0.481 e. The Morgan fingerprint density at radius 2 is 0.689 bits per heavy atom. The predicted molar refractivity (Wildman–Crippen MR) is 273 cm³/mol. The molecule has 4 unspecified atom stereocenters. The Kier molecular flexibility index (Phi) is 28.9. The van der Waals surface area contributed by atoms with Crippen LogP contribution < -0.4 is 5.32 Å². The second-order valence-electron chi connectivity index (χ2n) is 23.0. The van der Waals surface area contributed by atoms with Gasteiger partial charge in [0.05, 0.1) is 6.42 Å². The summed E-state index contributed by atoms with van der Waals surface area (Å²) in [7, 11) is 0. The highest BCUT2D eigenvalue weighted by atomic mass is 16.6. The van der Waals surface area contributed by atoms with Crippen LogP contribution in [0.15, 0.2) is 0 Å². The molecule has 74 heavy (non-hydrogen) atoms. The molecule has 0 saturated carbocycles. The number of carboxylic acid groups (broad SMARTS) is 4. The molecule has 1 rings (SSSR count). The second-order valence-corrected chi connectivity index (χ2v) is 23.0. The Balaban J connectivity index is 4.02. The zero-order chi connectivity index (χ0) is 56.6. The lowest BCUT2D eigenvalue weighted by Gasteiger charge is -2.40. The van der Waals surface area contributed by atoms with Crippen molar-refractivity contribution in [1.29, 1.82) is 0 Å². The number of carbonyl (C=O) groups excluding carboxylic acids is 5. The lowest BCUT2D eigenvalue weighted by molar-refractivity contribution is -0.165. The third-order valence-corrected chi connectivity index (χ3v) is 11.5. The van der Waals surface area contributed by atoms with E-state index in [9.17, 15) is 58.5 Å². The Morgan fingerprint density at radius 3 is 0.986 bits per heavy atom. The van der Waals surface area contributed by atoms with Gasteiger partial charge in [-0.15, -0.1) is 0 Å². The van der Waals surface area contributed by atoms with Crippen molar-refractivity contribution < 1.29 is 82.5 Å². The molecule has 0 aromatic rings. The molecule has 1 fully saturated rings. The van der Waals surface area contributed by atoms with Gasteiger partial charge < -0.3 is 49.6 Å². The van der Waals surface area contributed by atoms with Crippen molar-refractivity contribution in [2.45, 2.75) is 220 Å². The fraction of sp³-hybridized carbons (Fsp3) is 0.827. The van der Waals surface area contributed by atoms with E-state index in [-0.39, 0.29) is 110 Å². The summed E-state index contributed by atoms with van der Waals surface area (Å²) in [6.07, 6.45) is 0.418. The normalized spacial score (nSPS) is 17.0.